The van der Waals surface area contributed by atoms with Gasteiger partial charge >= 0.3 is 0 Å². The highest BCUT2D eigenvalue weighted by atomic mass is 16.2. The van der Waals surface area contributed by atoms with E-state index in [9.17, 15) is 9.59 Å². The Kier molecular flexibility index (Phi) is 4.42. The lowest BCUT2D eigenvalue weighted by Crippen LogP contribution is -2.49. The average molecular weight is 357 g/mol. The Hall–Kier alpha value is -2.02. The second-order valence-corrected chi connectivity index (χ2v) is 8.13. The van der Waals surface area contributed by atoms with Crippen LogP contribution in [0.1, 0.15) is 37.3 Å². The molecule has 0 aromatic carbocycles. The molecule has 3 aliphatic rings. The van der Waals surface area contributed by atoms with E-state index in [-0.39, 0.29) is 23.6 Å². The van der Waals surface area contributed by atoms with Crippen molar-refractivity contribution in [2.24, 2.45) is 11.3 Å². The maximum absolute atomic E-state index is 13.5. The smallest absolute Gasteiger partial charge is 0.291 e. The van der Waals surface area contributed by atoms with Crippen molar-refractivity contribution in [3.8, 4) is 0 Å². The standard InChI is InChI=1S/C19H27N5O2/c1-14(2)23-10-15-11-24(17(25)16-20-6-5-7-21-16)13-19(15,12-23)18(26)22-8-3-4-9-22/h5-7,14-15H,3-4,8-13H2,1-2H3/t15-,19-/m0/s1. The van der Waals surface area contributed by atoms with Crippen LogP contribution in [-0.2, 0) is 4.79 Å². The van der Waals surface area contributed by atoms with Crippen molar-refractivity contribution < 1.29 is 9.59 Å². The van der Waals surface area contributed by atoms with E-state index in [4.69, 9.17) is 0 Å². The van der Waals surface area contributed by atoms with Gasteiger partial charge in [0.05, 0.1) is 5.41 Å². The van der Waals surface area contributed by atoms with E-state index in [2.05, 4.69) is 28.7 Å². The van der Waals surface area contributed by atoms with Crippen LogP contribution in [0.25, 0.3) is 0 Å². The molecule has 7 heteroatoms. The van der Waals surface area contributed by atoms with Gasteiger partial charge in [-0.25, -0.2) is 9.97 Å². The fourth-order valence-electron chi connectivity index (χ4n) is 4.74. The summed E-state index contributed by atoms with van der Waals surface area (Å²) < 4.78 is 0. The summed E-state index contributed by atoms with van der Waals surface area (Å²) in [5.41, 5.74) is -0.473. The van der Waals surface area contributed by atoms with E-state index in [0.29, 0.717) is 19.1 Å². The molecule has 3 fully saturated rings. The Bertz CT molecular complexity index is 688. The third kappa shape index (κ3) is 2.78. The van der Waals surface area contributed by atoms with Crippen molar-refractivity contribution in [2.45, 2.75) is 32.7 Å². The van der Waals surface area contributed by atoms with Gasteiger partial charge in [0.15, 0.2) is 0 Å². The quantitative estimate of drug-likeness (QED) is 0.803. The summed E-state index contributed by atoms with van der Waals surface area (Å²) >= 11 is 0. The first-order valence-electron chi connectivity index (χ1n) is 9.61. The SMILES string of the molecule is CC(C)N1C[C@H]2CN(C(=O)c3ncccn3)C[C@@]2(C(=O)N2CCCC2)C1. The molecule has 26 heavy (non-hydrogen) atoms. The molecular formula is C19H27N5O2. The Morgan fingerprint density at radius 1 is 1.08 bits per heavy atom. The molecule has 3 saturated heterocycles. The van der Waals surface area contributed by atoms with Crippen LogP contribution >= 0.6 is 0 Å². The minimum Gasteiger partial charge on any atom is -0.342 e. The molecule has 140 valence electrons. The summed E-state index contributed by atoms with van der Waals surface area (Å²) in [6.07, 6.45) is 5.34. The first-order chi connectivity index (χ1) is 12.5. The number of carbonyl (C=O) groups excluding carboxylic acids is 2. The summed E-state index contributed by atoms with van der Waals surface area (Å²) in [6.45, 7) is 8.76. The van der Waals surface area contributed by atoms with Crippen LogP contribution in [-0.4, -0.2) is 81.8 Å². The lowest BCUT2D eigenvalue weighted by Gasteiger charge is -2.33. The van der Waals surface area contributed by atoms with Crippen LogP contribution in [0.5, 0.6) is 0 Å². The van der Waals surface area contributed by atoms with Gasteiger partial charge in [-0.1, -0.05) is 0 Å². The van der Waals surface area contributed by atoms with Crippen molar-refractivity contribution in [1.82, 2.24) is 24.7 Å². The van der Waals surface area contributed by atoms with E-state index < -0.39 is 5.41 Å². The number of likely N-dealkylation sites (tertiary alicyclic amines) is 3. The first-order valence-corrected chi connectivity index (χ1v) is 9.61. The van der Waals surface area contributed by atoms with E-state index in [1.165, 1.54) is 0 Å². The third-order valence-electron chi connectivity index (χ3n) is 6.23. The highest BCUT2D eigenvalue weighted by Crippen LogP contribution is 2.45. The molecule has 4 heterocycles. The number of aromatic nitrogens is 2. The second kappa shape index (κ2) is 6.61. The first kappa shape index (κ1) is 17.4. The topological polar surface area (TPSA) is 69.6 Å². The molecule has 0 aliphatic carbocycles. The monoisotopic (exact) mass is 357 g/mol. The van der Waals surface area contributed by atoms with Crippen LogP contribution in [0.2, 0.25) is 0 Å². The van der Waals surface area contributed by atoms with Gasteiger partial charge in [-0.05, 0) is 32.8 Å². The van der Waals surface area contributed by atoms with Gasteiger partial charge < -0.3 is 9.80 Å². The fourth-order valence-corrected chi connectivity index (χ4v) is 4.74. The Morgan fingerprint density at radius 2 is 1.77 bits per heavy atom. The zero-order valence-electron chi connectivity index (χ0n) is 15.6. The Morgan fingerprint density at radius 3 is 2.42 bits per heavy atom. The predicted octanol–water partition coefficient (Wildman–Crippen LogP) is 0.881. The second-order valence-electron chi connectivity index (χ2n) is 8.13. The molecule has 2 atom stereocenters. The van der Waals surface area contributed by atoms with Crippen LogP contribution < -0.4 is 0 Å². The number of hydrogen-bond donors (Lipinski definition) is 0. The highest BCUT2D eigenvalue weighted by Gasteiger charge is 2.59. The minimum atomic E-state index is -0.473. The summed E-state index contributed by atoms with van der Waals surface area (Å²) in [6, 6.07) is 2.11. The molecule has 0 unspecified atom stereocenters. The molecule has 1 aromatic rings. The Labute approximate surface area is 154 Å². The van der Waals surface area contributed by atoms with Gasteiger partial charge in [-0.2, -0.15) is 0 Å². The summed E-state index contributed by atoms with van der Waals surface area (Å²) in [5, 5.41) is 0. The van der Waals surface area contributed by atoms with Crippen molar-refractivity contribution in [3.05, 3.63) is 24.3 Å². The number of amides is 2. The van der Waals surface area contributed by atoms with Crippen LogP contribution in [0.15, 0.2) is 18.5 Å². The van der Waals surface area contributed by atoms with E-state index in [1.54, 1.807) is 23.4 Å². The van der Waals surface area contributed by atoms with Crippen molar-refractivity contribution in [3.63, 3.8) is 0 Å². The molecule has 0 saturated carbocycles. The van der Waals surface area contributed by atoms with E-state index in [1.807, 2.05) is 4.90 Å². The lowest BCUT2D eigenvalue weighted by molar-refractivity contribution is -0.141. The van der Waals surface area contributed by atoms with Gasteiger partial charge in [0.2, 0.25) is 11.7 Å². The molecule has 0 radical (unpaired) electrons. The van der Waals surface area contributed by atoms with E-state index >= 15 is 0 Å². The molecule has 4 rings (SSSR count). The number of nitrogens with zero attached hydrogens (tertiary/aromatic N) is 5. The van der Waals surface area contributed by atoms with Crippen molar-refractivity contribution in [1.29, 1.82) is 0 Å². The lowest BCUT2D eigenvalue weighted by atomic mass is 9.79. The zero-order chi connectivity index (χ0) is 18.3. The van der Waals surface area contributed by atoms with Gasteiger partial charge in [0.1, 0.15) is 0 Å². The summed E-state index contributed by atoms with van der Waals surface area (Å²) in [4.78, 5) is 40.7. The molecule has 0 N–H and O–H groups in total. The maximum Gasteiger partial charge on any atom is 0.291 e. The van der Waals surface area contributed by atoms with E-state index in [0.717, 1.165) is 39.0 Å². The largest absolute Gasteiger partial charge is 0.342 e. The van der Waals surface area contributed by atoms with Crippen molar-refractivity contribution in [2.75, 3.05) is 39.3 Å². The summed E-state index contributed by atoms with van der Waals surface area (Å²) in [5.74, 6) is 0.486. The van der Waals surface area contributed by atoms with Gasteiger partial charge in [-0.3, -0.25) is 14.5 Å². The maximum atomic E-state index is 13.5. The van der Waals surface area contributed by atoms with Crippen LogP contribution in [0.3, 0.4) is 0 Å². The summed E-state index contributed by atoms with van der Waals surface area (Å²) in [7, 11) is 0. The molecule has 0 bridgehead atoms. The molecule has 7 nitrogen and oxygen atoms in total. The number of carbonyl (C=O) groups is 2. The van der Waals surface area contributed by atoms with Crippen molar-refractivity contribution >= 4 is 11.8 Å². The molecule has 0 spiro atoms. The molecule has 2 amide bonds. The van der Waals surface area contributed by atoms with Gasteiger partial charge in [-0.15, -0.1) is 0 Å². The third-order valence-corrected chi connectivity index (χ3v) is 6.23. The molecule has 3 aliphatic heterocycles. The number of rotatable bonds is 3. The van der Waals surface area contributed by atoms with Crippen LogP contribution in [0, 0.1) is 11.3 Å². The molecule has 1 aromatic heterocycles. The zero-order valence-corrected chi connectivity index (χ0v) is 15.6. The normalized spacial score (nSPS) is 28.8. The Balaban J connectivity index is 1.59. The van der Waals surface area contributed by atoms with Crippen LogP contribution in [0.4, 0.5) is 0 Å². The fraction of sp³-hybridized carbons (Fsp3) is 0.684. The van der Waals surface area contributed by atoms with Gasteiger partial charge in [0, 0.05) is 63.6 Å². The predicted molar refractivity (Wildman–Crippen MR) is 96.4 cm³/mol. The highest BCUT2D eigenvalue weighted by molar-refractivity contribution is 5.92. The minimum absolute atomic E-state index is 0.162. The number of hydrogen-bond acceptors (Lipinski definition) is 5. The van der Waals surface area contributed by atoms with Gasteiger partial charge in [0.25, 0.3) is 5.91 Å². The number of fused-ring (bicyclic) bond motifs is 1. The average Bonchev–Trinajstić information content (AvgIpc) is 3.35. The molecular weight excluding hydrogens is 330 g/mol.